The van der Waals surface area contributed by atoms with Crippen molar-refractivity contribution in [3.8, 4) is 0 Å². The number of hydrogen-bond donors (Lipinski definition) is 3. The van der Waals surface area contributed by atoms with Gasteiger partial charge in [-0.3, -0.25) is 0 Å². The molecule has 0 saturated carbocycles. The first-order chi connectivity index (χ1) is 7.93. The number of aryl methyl sites for hydroxylation is 1. The third-order valence-corrected chi connectivity index (χ3v) is 2.39. The highest BCUT2D eigenvalue weighted by Crippen LogP contribution is 2.10. The monoisotopic (exact) mass is 239 g/mol. The lowest BCUT2D eigenvalue weighted by molar-refractivity contribution is 0.0690. The Bertz CT molecular complexity index is 407. The Balaban J connectivity index is 2.94. The van der Waals surface area contributed by atoms with Gasteiger partial charge in [-0.15, -0.1) is 0 Å². The Hall–Kier alpha value is -1.69. The van der Waals surface area contributed by atoms with Crippen molar-refractivity contribution in [3.05, 3.63) is 17.5 Å². The summed E-state index contributed by atoms with van der Waals surface area (Å²) >= 11 is 0. The van der Waals surface area contributed by atoms with Gasteiger partial charge in [0.25, 0.3) is 0 Å². The molecule has 1 aromatic heterocycles. The third-order valence-electron chi connectivity index (χ3n) is 2.39. The lowest BCUT2D eigenvalue weighted by Gasteiger charge is -2.20. The van der Waals surface area contributed by atoms with Gasteiger partial charge < -0.3 is 15.5 Å². The molecule has 17 heavy (non-hydrogen) atoms. The van der Waals surface area contributed by atoms with Crippen LogP contribution in [0.2, 0.25) is 0 Å². The topological polar surface area (TPSA) is 95.3 Å². The third kappa shape index (κ3) is 3.67. The lowest BCUT2D eigenvalue weighted by atomic mass is 10.1. The Kier molecular flexibility index (Phi) is 4.39. The second kappa shape index (κ2) is 5.58. The highest BCUT2D eigenvalue weighted by molar-refractivity contribution is 5.85. The maximum absolute atomic E-state index is 10.8. The Morgan fingerprint density at radius 2 is 2.12 bits per heavy atom. The number of nitrogens with zero attached hydrogens (tertiary/aromatic N) is 2. The molecule has 0 bridgehead atoms. The van der Waals surface area contributed by atoms with E-state index in [-0.39, 0.29) is 30.2 Å². The van der Waals surface area contributed by atoms with Crippen LogP contribution in [-0.4, -0.2) is 38.8 Å². The Labute approximate surface area is 99.7 Å². The first-order valence-corrected chi connectivity index (χ1v) is 5.40. The fourth-order valence-corrected chi connectivity index (χ4v) is 1.33. The largest absolute Gasteiger partial charge is 0.477 e. The number of nitrogens with one attached hydrogen (secondary N) is 1. The van der Waals surface area contributed by atoms with Crippen LogP contribution in [0.3, 0.4) is 0 Å². The quantitative estimate of drug-likeness (QED) is 0.707. The molecule has 0 amide bonds. The van der Waals surface area contributed by atoms with E-state index >= 15 is 0 Å². The van der Waals surface area contributed by atoms with Crippen molar-refractivity contribution in [2.24, 2.45) is 5.92 Å². The van der Waals surface area contributed by atoms with Crippen molar-refractivity contribution in [2.45, 2.75) is 26.8 Å². The van der Waals surface area contributed by atoms with E-state index < -0.39 is 5.97 Å². The molecule has 0 spiro atoms. The van der Waals surface area contributed by atoms with Gasteiger partial charge in [0.2, 0.25) is 5.95 Å². The zero-order valence-corrected chi connectivity index (χ0v) is 10.1. The van der Waals surface area contributed by atoms with Crippen LogP contribution in [0.4, 0.5) is 5.95 Å². The first-order valence-electron chi connectivity index (χ1n) is 5.40. The lowest BCUT2D eigenvalue weighted by Crippen LogP contribution is -2.30. The molecule has 0 radical (unpaired) electrons. The molecule has 6 heteroatoms. The van der Waals surface area contributed by atoms with Crippen LogP contribution in [0, 0.1) is 12.8 Å². The molecule has 6 nitrogen and oxygen atoms in total. The van der Waals surface area contributed by atoms with E-state index in [0.717, 1.165) is 0 Å². The Morgan fingerprint density at radius 1 is 1.47 bits per heavy atom. The predicted molar refractivity (Wildman–Crippen MR) is 63.1 cm³/mol. The van der Waals surface area contributed by atoms with Gasteiger partial charge >= 0.3 is 5.97 Å². The van der Waals surface area contributed by atoms with E-state index in [1.165, 1.54) is 6.07 Å². The van der Waals surface area contributed by atoms with Gasteiger partial charge in [0.05, 0.1) is 12.6 Å². The first kappa shape index (κ1) is 13.4. The molecule has 0 aromatic carbocycles. The summed E-state index contributed by atoms with van der Waals surface area (Å²) in [6.45, 7) is 5.53. The normalized spacial score (nSPS) is 12.5. The molecule has 0 aliphatic heterocycles. The maximum Gasteiger partial charge on any atom is 0.354 e. The summed E-state index contributed by atoms with van der Waals surface area (Å²) in [6, 6.07) is 1.20. The number of aromatic carboxylic acids is 1. The summed E-state index contributed by atoms with van der Waals surface area (Å²) < 4.78 is 0. The van der Waals surface area contributed by atoms with E-state index in [4.69, 9.17) is 5.11 Å². The van der Waals surface area contributed by atoms with E-state index in [1.807, 2.05) is 13.8 Å². The van der Waals surface area contributed by atoms with Gasteiger partial charge in [-0.25, -0.2) is 14.8 Å². The molecular weight excluding hydrogens is 222 g/mol. The number of carbonyl (C=O) groups is 1. The zero-order chi connectivity index (χ0) is 13.0. The van der Waals surface area contributed by atoms with E-state index in [2.05, 4.69) is 15.3 Å². The molecule has 0 aliphatic carbocycles. The number of hydrogen-bond acceptors (Lipinski definition) is 5. The number of aliphatic hydroxyl groups excluding tert-OH is 1. The molecule has 0 fully saturated rings. The van der Waals surface area contributed by atoms with Crippen LogP contribution in [0.15, 0.2) is 6.07 Å². The van der Waals surface area contributed by atoms with Crippen LogP contribution < -0.4 is 5.32 Å². The fraction of sp³-hybridized carbons (Fsp3) is 0.545. The van der Waals surface area contributed by atoms with E-state index in [1.54, 1.807) is 6.92 Å². The Morgan fingerprint density at radius 3 is 2.59 bits per heavy atom. The smallest absolute Gasteiger partial charge is 0.354 e. The summed E-state index contributed by atoms with van der Waals surface area (Å²) in [4.78, 5) is 18.8. The van der Waals surface area contributed by atoms with Crippen molar-refractivity contribution < 1.29 is 15.0 Å². The summed E-state index contributed by atoms with van der Waals surface area (Å²) in [5.41, 5.74) is 0.515. The zero-order valence-electron chi connectivity index (χ0n) is 10.1. The summed E-state index contributed by atoms with van der Waals surface area (Å²) in [5.74, 6) is -0.670. The molecule has 3 N–H and O–H groups in total. The van der Waals surface area contributed by atoms with Crippen molar-refractivity contribution in [1.29, 1.82) is 0 Å². The van der Waals surface area contributed by atoms with Gasteiger partial charge in [-0.1, -0.05) is 13.8 Å². The predicted octanol–water partition coefficient (Wildman–Crippen LogP) is 0.912. The number of aromatic nitrogens is 2. The number of carboxylic acids is 1. The van der Waals surface area contributed by atoms with Gasteiger partial charge in [0.15, 0.2) is 5.69 Å². The molecule has 1 heterocycles. The minimum absolute atomic E-state index is 0.0551. The maximum atomic E-state index is 10.8. The fourth-order valence-electron chi connectivity index (χ4n) is 1.33. The minimum atomic E-state index is -1.09. The van der Waals surface area contributed by atoms with Gasteiger partial charge in [-0.05, 0) is 18.9 Å². The minimum Gasteiger partial charge on any atom is -0.477 e. The van der Waals surface area contributed by atoms with Gasteiger partial charge in [-0.2, -0.15) is 0 Å². The molecule has 94 valence electrons. The van der Waals surface area contributed by atoms with Gasteiger partial charge in [0.1, 0.15) is 0 Å². The number of carboxylic acid groups (broad SMARTS) is 1. The van der Waals surface area contributed by atoms with Crippen molar-refractivity contribution in [1.82, 2.24) is 9.97 Å². The van der Waals surface area contributed by atoms with Crippen molar-refractivity contribution in [2.75, 3.05) is 11.9 Å². The van der Waals surface area contributed by atoms with Crippen LogP contribution in [0.25, 0.3) is 0 Å². The molecule has 1 atom stereocenters. The highest BCUT2D eigenvalue weighted by atomic mass is 16.4. The highest BCUT2D eigenvalue weighted by Gasteiger charge is 2.15. The second-order valence-corrected chi connectivity index (χ2v) is 4.20. The number of aliphatic hydroxyl groups is 1. The average Bonchev–Trinajstić information content (AvgIpc) is 2.24. The van der Waals surface area contributed by atoms with Gasteiger partial charge in [0, 0.05) is 5.69 Å². The number of anilines is 1. The number of rotatable bonds is 5. The molecule has 1 rings (SSSR count). The van der Waals surface area contributed by atoms with E-state index in [9.17, 15) is 9.90 Å². The van der Waals surface area contributed by atoms with Crippen LogP contribution in [0.1, 0.15) is 30.0 Å². The van der Waals surface area contributed by atoms with Crippen LogP contribution in [-0.2, 0) is 0 Å². The standard InChI is InChI=1S/C11H17N3O3/c1-6(2)9(5-15)14-11-12-7(3)4-8(13-11)10(16)17/h4,6,9,15H,5H2,1-3H3,(H,16,17)(H,12,13,14). The van der Waals surface area contributed by atoms with Crippen LogP contribution in [0.5, 0.6) is 0 Å². The molecule has 0 saturated heterocycles. The summed E-state index contributed by atoms with van der Waals surface area (Å²) in [6.07, 6.45) is 0. The molecular formula is C11H17N3O3. The SMILES string of the molecule is Cc1cc(C(=O)O)nc(NC(CO)C(C)C)n1. The van der Waals surface area contributed by atoms with E-state index in [0.29, 0.717) is 5.69 Å². The summed E-state index contributed by atoms with van der Waals surface area (Å²) in [5, 5.41) is 21.0. The van der Waals surface area contributed by atoms with Crippen molar-refractivity contribution >= 4 is 11.9 Å². The molecule has 0 aliphatic rings. The summed E-state index contributed by atoms with van der Waals surface area (Å²) in [7, 11) is 0. The van der Waals surface area contributed by atoms with Crippen molar-refractivity contribution in [3.63, 3.8) is 0 Å². The van der Waals surface area contributed by atoms with Crippen LogP contribution >= 0.6 is 0 Å². The molecule has 1 unspecified atom stereocenters. The second-order valence-electron chi connectivity index (χ2n) is 4.20. The molecule has 1 aromatic rings. The average molecular weight is 239 g/mol.